The van der Waals surface area contributed by atoms with E-state index in [4.69, 9.17) is 4.74 Å². The Kier molecular flexibility index (Phi) is 7.09. The van der Waals surface area contributed by atoms with E-state index in [9.17, 15) is 22.4 Å². The van der Waals surface area contributed by atoms with Gasteiger partial charge in [-0.2, -0.15) is 4.31 Å². The number of esters is 1. The Morgan fingerprint density at radius 2 is 1.93 bits per heavy atom. The van der Waals surface area contributed by atoms with Gasteiger partial charge in [0.05, 0.1) is 10.8 Å². The number of nitrogens with one attached hydrogen (secondary N) is 1. The van der Waals surface area contributed by atoms with Gasteiger partial charge in [-0.15, -0.1) is 6.58 Å². The van der Waals surface area contributed by atoms with E-state index in [1.54, 1.807) is 0 Å². The van der Waals surface area contributed by atoms with Crippen LogP contribution in [0.15, 0.2) is 41.8 Å². The van der Waals surface area contributed by atoms with Crippen molar-refractivity contribution in [3.05, 3.63) is 42.7 Å². The molecular weight excluding hydrogens is 375 g/mol. The van der Waals surface area contributed by atoms with Gasteiger partial charge in [-0.3, -0.25) is 9.59 Å². The quantitative estimate of drug-likeness (QED) is 0.555. The Bertz CT molecular complexity index is 786. The minimum atomic E-state index is -3.73. The van der Waals surface area contributed by atoms with Crippen LogP contribution in [0.5, 0.6) is 0 Å². The molecule has 0 bridgehead atoms. The first-order valence-electron chi connectivity index (χ1n) is 8.60. The number of amides is 1. The molecule has 1 aliphatic heterocycles. The summed E-state index contributed by atoms with van der Waals surface area (Å²) in [5.74, 6) is -1.92. The zero-order valence-corrected chi connectivity index (χ0v) is 15.9. The number of sulfonamides is 1. The zero-order chi connectivity index (χ0) is 20.0. The Labute approximate surface area is 158 Å². The summed E-state index contributed by atoms with van der Waals surface area (Å²) in [6.45, 7) is 5.54. The maximum Gasteiger partial charge on any atom is 0.309 e. The van der Waals surface area contributed by atoms with Crippen molar-refractivity contribution in [3.8, 4) is 0 Å². The van der Waals surface area contributed by atoms with Gasteiger partial charge in [-0.25, -0.2) is 12.8 Å². The zero-order valence-electron chi connectivity index (χ0n) is 15.1. The molecule has 0 spiro atoms. The van der Waals surface area contributed by atoms with Crippen LogP contribution in [-0.2, 0) is 24.3 Å². The molecule has 1 heterocycles. The fourth-order valence-corrected chi connectivity index (χ4v) is 4.20. The maximum absolute atomic E-state index is 13.0. The van der Waals surface area contributed by atoms with E-state index >= 15 is 0 Å². The van der Waals surface area contributed by atoms with E-state index in [0.717, 1.165) is 12.1 Å². The van der Waals surface area contributed by atoms with E-state index in [1.807, 2.05) is 0 Å². The summed E-state index contributed by atoms with van der Waals surface area (Å²) in [6, 6.07) is 4.62. The molecule has 1 aromatic rings. The van der Waals surface area contributed by atoms with E-state index < -0.39 is 39.7 Å². The average molecular weight is 398 g/mol. The number of hydrogen-bond donors (Lipinski definition) is 1. The molecule has 1 aliphatic rings. The molecule has 0 unspecified atom stereocenters. The Hall–Kier alpha value is -2.26. The lowest BCUT2D eigenvalue weighted by Crippen LogP contribution is -2.42. The van der Waals surface area contributed by atoms with Gasteiger partial charge in [0.15, 0.2) is 6.10 Å². The lowest BCUT2D eigenvalue weighted by Gasteiger charge is -2.30. The van der Waals surface area contributed by atoms with Crippen LogP contribution in [0.25, 0.3) is 0 Å². The van der Waals surface area contributed by atoms with E-state index in [0.29, 0.717) is 12.8 Å². The van der Waals surface area contributed by atoms with E-state index in [-0.39, 0.29) is 24.5 Å². The van der Waals surface area contributed by atoms with Gasteiger partial charge in [0.1, 0.15) is 5.82 Å². The molecule has 0 aliphatic carbocycles. The summed E-state index contributed by atoms with van der Waals surface area (Å²) in [6.07, 6.45) is 1.17. The minimum Gasteiger partial charge on any atom is -0.452 e. The third-order valence-electron chi connectivity index (χ3n) is 4.32. The van der Waals surface area contributed by atoms with Crippen LogP contribution in [0.4, 0.5) is 4.39 Å². The Morgan fingerprint density at radius 1 is 1.33 bits per heavy atom. The highest BCUT2D eigenvalue weighted by molar-refractivity contribution is 7.89. The number of carbonyl (C=O) groups is 2. The molecule has 1 aromatic carbocycles. The first-order valence-corrected chi connectivity index (χ1v) is 10.0. The summed E-state index contributed by atoms with van der Waals surface area (Å²) >= 11 is 0. The van der Waals surface area contributed by atoms with Crippen molar-refractivity contribution < 1.29 is 27.1 Å². The number of piperidine rings is 1. The van der Waals surface area contributed by atoms with Crippen LogP contribution in [0, 0.1) is 11.7 Å². The van der Waals surface area contributed by atoms with Crippen molar-refractivity contribution in [3.63, 3.8) is 0 Å². The predicted molar refractivity (Wildman–Crippen MR) is 96.6 cm³/mol. The third kappa shape index (κ3) is 5.36. The standard InChI is InChI=1S/C18H23FN2O5S/c1-3-10-20-17(22)13(2)26-18(23)14-8-11-21(12-9-14)27(24,25)16-6-4-15(19)5-7-16/h3-7,13-14H,1,8-12H2,2H3,(H,20,22)/t13-/m0/s1. The minimum absolute atomic E-state index is 0.0115. The molecule has 7 nitrogen and oxygen atoms in total. The predicted octanol–water partition coefficient (Wildman–Crippen LogP) is 1.46. The molecule has 148 valence electrons. The number of rotatable bonds is 7. The van der Waals surface area contributed by atoms with E-state index in [1.165, 1.54) is 29.4 Å². The maximum atomic E-state index is 13.0. The van der Waals surface area contributed by atoms with Crippen LogP contribution >= 0.6 is 0 Å². The number of benzene rings is 1. The molecular formula is C18H23FN2O5S. The summed E-state index contributed by atoms with van der Waals surface area (Å²) < 4.78 is 44.6. The van der Waals surface area contributed by atoms with Gasteiger partial charge in [0.2, 0.25) is 10.0 Å². The number of hydrogen-bond acceptors (Lipinski definition) is 5. The highest BCUT2D eigenvalue weighted by Crippen LogP contribution is 2.25. The molecule has 1 N–H and O–H groups in total. The molecule has 1 saturated heterocycles. The van der Waals surface area contributed by atoms with Crippen molar-refractivity contribution in [1.82, 2.24) is 9.62 Å². The fourth-order valence-electron chi connectivity index (χ4n) is 2.73. The second kappa shape index (κ2) is 9.09. The van der Waals surface area contributed by atoms with Crippen molar-refractivity contribution >= 4 is 21.9 Å². The normalized spacial score (nSPS) is 17.1. The smallest absolute Gasteiger partial charge is 0.309 e. The second-order valence-electron chi connectivity index (χ2n) is 6.25. The first-order chi connectivity index (χ1) is 12.8. The molecule has 1 amide bonds. The van der Waals surface area contributed by atoms with E-state index in [2.05, 4.69) is 11.9 Å². The van der Waals surface area contributed by atoms with Crippen LogP contribution < -0.4 is 5.32 Å². The molecule has 9 heteroatoms. The molecule has 1 atom stereocenters. The van der Waals surface area contributed by atoms with Gasteiger partial charge >= 0.3 is 5.97 Å². The number of ether oxygens (including phenoxy) is 1. The summed E-state index contributed by atoms with van der Waals surface area (Å²) in [4.78, 5) is 24.0. The highest BCUT2D eigenvalue weighted by atomic mass is 32.2. The summed E-state index contributed by atoms with van der Waals surface area (Å²) in [5.41, 5.74) is 0. The van der Waals surface area contributed by atoms with Gasteiger partial charge in [-0.05, 0) is 44.0 Å². The van der Waals surface area contributed by atoms with Gasteiger partial charge in [0, 0.05) is 19.6 Å². The van der Waals surface area contributed by atoms with Crippen molar-refractivity contribution in [2.45, 2.75) is 30.8 Å². The lowest BCUT2D eigenvalue weighted by atomic mass is 9.98. The largest absolute Gasteiger partial charge is 0.452 e. The molecule has 1 fully saturated rings. The SMILES string of the molecule is C=CCNC(=O)[C@H](C)OC(=O)C1CCN(S(=O)(=O)c2ccc(F)cc2)CC1. The highest BCUT2D eigenvalue weighted by Gasteiger charge is 2.33. The monoisotopic (exact) mass is 398 g/mol. The molecule has 0 radical (unpaired) electrons. The average Bonchev–Trinajstić information content (AvgIpc) is 2.66. The van der Waals surface area contributed by atoms with Gasteiger partial charge < -0.3 is 10.1 Å². The second-order valence-corrected chi connectivity index (χ2v) is 8.18. The topological polar surface area (TPSA) is 92.8 Å². The van der Waals surface area contributed by atoms with Crippen LogP contribution in [0.2, 0.25) is 0 Å². The van der Waals surface area contributed by atoms with Crippen molar-refractivity contribution in [2.75, 3.05) is 19.6 Å². The molecule has 27 heavy (non-hydrogen) atoms. The van der Waals surface area contributed by atoms with Crippen LogP contribution in [-0.4, -0.2) is 50.3 Å². The molecule has 2 rings (SSSR count). The van der Waals surface area contributed by atoms with Crippen LogP contribution in [0.3, 0.4) is 0 Å². The number of halogens is 1. The number of carbonyl (C=O) groups excluding carboxylic acids is 2. The van der Waals surface area contributed by atoms with Crippen molar-refractivity contribution in [1.29, 1.82) is 0 Å². The Balaban J connectivity index is 1.90. The Morgan fingerprint density at radius 3 is 2.48 bits per heavy atom. The van der Waals surface area contributed by atoms with Gasteiger partial charge in [0.25, 0.3) is 5.91 Å². The fraction of sp³-hybridized carbons (Fsp3) is 0.444. The molecule has 0 aromatic heterocycles. The summed E-state index contributed by atoms with van der Waals surface area (Å²) in [5, 5.41) is 2.54. The summed E-state index contributed by atoms with van der Waals surface area (Å²) in [7, 11) is -3.73. The first kappa shape index (κ1) is 21.0. The van der Waals surface area contributed by atoms with Crippen LogP contribution in [0.1, 0.15) is 19.8 Å². The van der Waals surface area contributed by atoms with Gasteiger partial charge in [-0.1, -0.05) is 6.08 Å². The number of nitrogens with zero attached hydrogens (tertiary/aromatic N) is 1. The third-order valence-corrected chi connectivity index (χ3v) is 6.23. The molecule has 0 saturated carbocycles. The lowest BCUT2D eigenvalue weighted by molar-refractivity contribution is -0.159. The van der Waals surface area contributed by atoms with Crippen molar-refractivity contribution in [2.24, 2.45) is 5.92 Å².